The van der Waals surface area contributed by atoms with Gasteiger partial charge in [0.1, 0.15) is 12.4 Å². The van der Waals surface area contributed by atoms with Crippen LogP contribution in [-0.4, -0.2) is 27.7 Å². The van der Waals surface area contributed by atoms with Gasteiger partial charge in [-0.25, -0.2) is 17.5 Å². The van der Waals surface area contributed by atoms with Gasteiger partial charge in [0.2, 0.25) is 10.0 Å². The highest BCUT2D eigenvalue weighted by molar-refractivity contribution is 7.89. The zero-order chi connectivity index (χ0) is 15.4. The van der Waals surface area contributed by atoms with E-state index in [-0.39, 0.29) is 12.1 Å². The lowest BCUT2D eigenvalue weighted by molar-refractivity contribution is -0.121. The number of sulfonamides is 1. The molecule has 0 heterocycles. The van der Waals surface area contributed by atoms with Crippen molar-refractivity contribution in [2.24, 2.45) is 5.73 Å². The van der Waals surface area contributed by atoms with Crippen molar-refractivity contribution in [3.05, 3.63) is 29.6 Å². The number of halogens is 4. The van der Waals surface area contributed by atoms with E-state index in [0.717, 1.165) is 12.1 Å². The molecule has 0 unspecified atom stereocenters. The molecule has 4 nitrogen and oxygen atoms in total. The molecule has 0 amide bonds. The minimum absolute atomic E-state index is 0.00731. The number of benzene rings is 1. The highest BCUT2D eigenvalue weighted by Gasteiger charge is 2.30. The summed E-state index contributed by atoms with van der Waals surface area (Å²) in [6, 6.07) is 2.61. The minimum Gasteiger partial charge on any atom is -0.320 e. The number of hydrogen-bond acceptors (Lipinski definition) is 3. The highest BCUT2D eigenvalue weighted by Crippen LogP contribution is 2.17. The second-order valence-corrected chi connectivity index (χ2v) is 5.35. The fourth-order valence-corrected chi connectivity index (χ4v) is 2.20. The summed E-state index contributed by atoms with van der Waals surface area (Å²) in [4.78, 5) is -0.613. The zero-order valence-electron chi connectivity index (χ0n) is 9.96. The molecule has 110 valence electrons. The third-order valence-corrected chi connectivity index (χ3v) is 3.44. The van der Waals surface area contributed by atoms with E-state index in [4.69, 9.17) is 5.73 Å². The van der Waals surface area contributed by atoms with Gasteiger partial charge in [0.25, 0.3) is 0 Å². The Morgan fingerprint density at radius 1 is 1.30 bits per heavy atom. The van der Waals surface area contributed by atoms with Gasteiger partial charge in [-0.15, -0.1) is 0 Å². The smallest absolute Gasteiger partial charge is 0.320 e. The van der Waals surface area contributed by atoms with Gasteiger partial charge in [-0.3, -0.25) is 0 Å². The summed E-state index contributed by atoms with van der Waals surface area (Å²) >= 11 is 0. The quantitative estimate of drug-likeness (QED) is 0.646. The van der Waals surface area contributed by atoms with Crippen LogP contribution in [0.5, 0.6) is 0 Å². The standard InChI is InChI=1S/C11H10F4N2O2S/c12-10-6-9(4-3-8(10)2-1-5-16)20(18,19)17-7-11(13,14)15/h3-4,6,17H,5,7,16H2. The summed E-state index contributed by atoms with van der Waals surface area (Å²) in [7, 11) is -4.44. The van der Waals surface area contributed by atoms with Crippen molar-refractivity contribution in [2.45, 2.75) is 11.1 Å². The Bertz CT molecular complexity index is 645. The third kappa shape index (κ3) is 4.80. The van der Waals surface area contributed by atoms with Crippen LogP contribution in [0.4, 0.5) is 17.6 Å². The topological polar surface area (TPSA) is 72.2 Å². The van der Waals surface area contributed by atoms with Crippen LogP contribution < -0.4 is 10.5 Å². The average molecular weight is 310 g/mol. The first kappa shape index (κ1) is 16.4. The highest BCUT2D eigenvalue weighted by atomic mass is 32.2. The second kappa shape index (κ2) is 6.21. The first-order valence-electron chi connectivity index (χ1n) is 5.20. The fraction of sp³-hybridized carbons (Fsp3) is 0.273. The van der Waals surface area contributed by atoms with Crippen molar-refractivity contribution in [3.63, 3.8) is 0 Å². The van der Waals surface area contributed by atoms with Gasteiger partial charge in [0, 0.05) is 0 Å². The number of rotatable bonds is 3. The number of nitrogens with two attached hydrogens (primary N) is 1. The van der Waals surface area contributed by atoms with Crippen molar-refractivity contribution in [1.29, 1.82) is 0 Å². The molecule has 3 N–H and O–H groups in total. The Kier molecular flexibility index (Phi) is 5.10. The summed E-state index contributed by atoms with van der Waals surface area (Å²) in [5.74, 6) is 3.78. The number of alkyl halides is 3. The molecule has 0 aliphatic carbocycles. The maximum Gasteiger partial charge on any atom is 0.402 e. The summed E-state index contributed by atoms with van der Waals surface area (Å²) < 4.78 is 73.8. The Morgan fingerprint density at radius 2 is 1.95 bits per heavy atom. The van der Waals surface area contributed by atoms with E-state index >= 15 is 0 Å². The van der Waals surface area contributed by atoms with E-state index in [9.17, 15) is 26.0 Å². The molecular weight excluding hydrogens is 300 g/mol. The van der Waals surface area contributed by atoms with E-state index in [1.54, 1.807) is 0 Å². The minimum atomic E-state index is -4.70. The van der Waals surface area contributed by atoms with Gasteiger partial charge >= 0.3 is 6.18 Å². The molecule has 0 saturated carbocycles. The molecule has 0 aliphatic heterocycles. The SMILES string of the molecule is NCC#Cc1ccc(S(=O)(=O)NCC(F)(F)F)cc1F. The van der Waals surface area contributed by atoms with Gasteiger partial charge in [-0.1, -0.05) is 11.8 Å². The molecule has 0 aliphatic rings. The van der Waals surface area contributed by atoms with Crippen LogP contribution in [0.25, 0.3) is 0 Å². The van der Waals surface area contributed by atoms with Crippen molar-refractivity contribution in [1.82, 2.24) is 4.72 Å². The van der Waals surface area contributed by atoms with Crippen LogP contribution in [0.1, 0.15) is 5.56 Å². The van der Waals surface area contributed by atoms with Gasteiger partial charge in [0.15, 0.2) is 0 Å². The van der Waals surface area contributed by atoms with Crippen molar-refractivity contribution < 1.29 is 26.0 Å². The summed E-state index contributed by atoms with van der Waals surface area (Å²) in [6.07, 6.45) is -4.70. The first-order valence-corrected chi connectivity index (χ1v) is 6.69. The lowest BCUT2D eigenvalue weighted by Crippen LogP contribution is -2.33. The zero-order valence-corrected chi connectivity index (χ0v) is 10.8. The van der Waals surface area contributed by atoms with E-state index in [2.05, 4.69) is 11.8 Å². The average Bonchev–Trinajstić information content (AvgIpc) is 2.34. The van der Waals surface area contributed by atoms with Crippen LogP contribution >= 0.6 is 0 Å². The van der Waals surface area contributed by atoms with Gasteiger partial charge in [-0.2, -0.15) is 13.2 Å². The van der Waals surface area contributed by atoms with Crippen LogP contribution in [-0.2, 0) is 10.0 Å². The summed E-state index contributed by atoms with van der Waals surface area (Å²) in [5, 5.41) is 0. The molecule has 0 bridgehead atoms. The van der Waals surface area contributed by atoms with E-state index in [1.165, 1.54) is 4.72 Å². The molecular formula is C11H10F4N2O2S. The number of nitrogens with one attached hydrogen (secondary N) is 1. The van der Waals surface area contributed by atoms with E-state index in [1.807, 2.05) is 0 Å². The van der Waals surface area contributed by atoms with Gasteiger partial charge in [-0.05, 0) is 18.2 Å². The molecule has 0 fully saturated rings. The Labute approximate surface area is 113 Å². The van der Waals surface area contributed by atoms with Crippen LogP contribution in [0, 0.1) is 17.7 Å². The fourth-order valence-electron chi connectivity index (χ4n) is 1.17. The van der Waals surface area contributed by atoms with Crippen molar-refractivity contribution in [3.8, 4) is 11.8 Å². The lowest BCUT2D eigenvalue weighted by Gasteiger charge is -2.09. The molecule has 1 aromatic carbocycles. The molecule has 0 radical (unpaired) electrons. The summed E-state index contributed by atoms with van der Waals surface area (Å²) in [5.41, 5.74) is 5.01. The van der Waals surface area contributed by atoms with Crippen molar-refractivity contribution in [2.75, 3.05) is 13.1 Å². The normalized spacial score (nSPS) is 11.8. The molecule has 1 rings (SSSR count). The van der Waals surface area contributed by atoms with Crippen LogP contribution in [0.2, 0.25) is 0 Å². The Balaban J connectivity index is 3.00. The second-order valence-electron chi connectivity index (χ2n) is 3.59. The van der Waals surface area contributed by atoms with Crippen LogP contribution in [0.3, 0.4) is 0 Å². The first-order chi connectivity index (χ1) is 9.15. The molecule has 1 aromatic rings. The molecule has 0 spiro atoms. The molecule has 0 saturated heterocycles. The maximum absolute atomic E-state index is 13.5. The molecule has 20 heavy (non-hydrogen) atoms. The molecule has 0 atom stereocenters. The predicted molar refractivity (Wildman–Crippen MR) is 63.6 cm³/mol. The third-order valence-electron chi connectivity index (χ3n) is 2.04. The van der Waals surface area contributed by atoms with Crippen LogP contribution in [0.15, 0.2) is 23.1 Å². The number of hydrogen-bond donors (Lipinski definition) is 2. The Hall–Kier alpha value is -1.63. The van der Waals surface area contributed by atoms with E-state index < -0.39 is 33.5 Å². The predicted octanol–water partition coefficient (Wildman–Crippen LogP) is 0.977. The van der Waals surface area contributed by atoms with Crippen molar-refractivity contribution >= 4 is 10.0 Å². The Morgan fingerprint density at radius 3 is 2.45 bits per heavy atom. The van der Waals surface area contributed by atoms with E-state index in [0.29, 0.717) is 6.07 Å². The molecule has 0 aromatic heterocycles. The largest absolute Gasteiger partial charge is 0.402 e. The maximum atomic E-state index is 13.5. The lowest BCUT2D eigenvalue weighted by atomic mass is 10.2. The monoisotopic (exact) mass is 310 g/mol. The molecule has 9 heteroatoms. The summed E-state index contributed by atoms with van der Waals surface area (Å²) in [6.45, 7) is -1.74. The van der Waals surface area contributed by atoms with Gasteiger partial charge in [0.05, 0.1) is 17.0 Å². The van der Waals surface area contributed by atoms with Gasteiger partial charge < -0.3 is 5.73 Å².